The number of hydrogen-bond acceptors (Lipinski definition) is 2. The normalized spacial score (nSPS) is 25.8. The van der Waals surface area contributed by atoms with Gasteiger partial charge in [-0.3, -0.25) is 4.79 Å². The quantitative estimate of drug-likeness (QED) is 0.934. The zero-order chi connectivity index (χ0) is 16.5. The number of nitrogens with one attached hydrogen (secondary N) is 1. The molecule has 2 heterocycles. The van der Waals surface area contributed by atoms with Crippen molar-refractivity contribution in [3.8, 4) is 0 Å². The number of nitrogens with zero attached hydrogens (tertiary/aromatic N) is 1. The lowest BCUT2D eigenvalue weighted by molar-refractivity contribution is -0.132. The predicted octanol–water partition coefficient (Wildman–Crippen LogP) is 3.51. The van der Waals surface area contributed by atoms with E-state index in [0.717, 1.165) is 19.3 Å². The van der Waals surface area contributed by atoms with Gasteiger partial charge in [0.2, 0.25) is 5.91 Å². The van der Waals surface area contributed by atoms with Gasteiger partial charge in [-0.05, 0) is 48.4 Å². The van der Waals surface area contributed by atoms with Gasteiger partial charge in [0.1, 0.15) is 0 Å². The third kappa shape index (κ3) is 3.18. The molecule has 1 amide bonds. The van der Waals surface area contributed by atoms with Crippen molar-refractivity contribution in [3.05, 3.63) is 48.0 Å². The van der Waals surface area contributed by atoms with Crippen LogP contribution in [0.5, 0.6) is 0 Å². The molecule has 3 heteroatoms. The molecule has 0 saturated carbocycles. The Bertz CT molecular complexity index is 729. The van der Waals surface area contributed by atoms with Crippen LogP contribution >= 0.6 is 0 Å². The average Bonchev–Trinajstić information content (AvgIpc) is 2.96. The summed E-state index contributed by atoms with van der Waals surface area (Å²) >= 11 is 0. The number of aryl methyl sites for hydroxylation is 1. The zero-order valence-corrected chi connectivity index (χ0v) is 14.4. The van der Waals surface area contributed by atoms with Crippen LogP contribution in [0.15, 0.2) is 42.5 Å². The minimum atomic E-state index is 0.287. The van der Waals surface area contributed by atoms with Gasteiger partial charge in [0.25, 0.3) is 0 Å². The molecule has 2 aromatic rings. The molecule has 2 atom stereocenters. The third-order valence-electron chi connectivity index (χ3n) is 5.83. The summed E-state index contributed by atoms with van der Waals surface area (Å²) in [6.07, 6.45) is 6.23. The summed E-state index contributed by atoms with van der Waals surface area (Å²) in [5, 5.41) is 6.17. The average molecular weight is 322 g/mol. The lowest BCUT2D eigenvalue weighted by atomic mass is 9.98. The molecule has 2 aromatic carbocycles. The first-order valence-corrected chi connectivity index (χ1v) is 9.18. The minimum absolute atomic E-state index is 0.287. The Kier molecular flexibility index (Phi) is 4.28. The van der Waals surface area contributed by atoms with Gasteiger partial charge in [0.05, 0.1) is 0 Å². The van der Waals surface area contributed by atoms with Gasteiger partial charge in [-0.25, -0.2) is 0 Å². The van der Waals surface area contributed by atoms with Crippen LogP contribution in [-0.2, 0) is 11.2 Å². The Labute approximate surface area is 144 Å². The molecule has 4 rings (SSSR count). The molecular formula is C21H26N2O. The van der Waals surface area contributed by atoms with Crippen LogP contribution in [0.1, 0.15) is 37.7 Å². The SMILES string of the molecule is CN(C(=O)CCc1ccc2ccccc2c1)C1CC2CCC(C1)N2. The van der Waals surface area contributed by atoms with E-state index in [1.165, 1.54) is 29.2 Å². The van der Waals surface area contributed by atoms with E-state index in [9.17, 15) is 4.79 Å². The van der Waals surface area contributed by atoms with Gasteiger partial charge in [-0.15, -0.1) is 0 Å². The van der Waals surface area contributed by atoms with Crippen LogP contribution in [0.3, 0.4) is 0 Å². The summed E-state index contributed by atoms with van der Waals surface area (Å²) in [5.74, 6) is 0.287. The Balaban J connectivity index is 1.36. The van der Waals surface area contributed by atoms with Crippen LogP contribution in [0.2, 0.25) is 0 Å². The number of carbonyl (C=O) groups is 1. The van der Waals surface area contributed by atoms with Gasteiger partial charge in [0.15, 0.2) is 0 Å². The number of piperidine rings is 1. The van der Waals surface area contributed by atoms with Gasteiger partial charge in [-0.2, -0.15) is 0 Å². The summed E-state index contributed by atoms with van der Waals surface area (Å²) in [7, 11) is 2.00. The third-order valence-corrected chi connectivity index (χ3v) is 5.83. The Morgan fingerprint density at radius 3 is 2.54 bits per heavy atom. The fraction of sp³-hybridized carbons (Fsp3) is 0.476. The highest BCUT2D eigenvalue weighted by atomic mass is 16.2. The topological polar surface area (TPSA) is 32.3 Å². The molecule has 0 aliphatic carbocycles. The first kappa shape index (κ1) is 15.6. The van der Waals surface area contributed by atoms with E-state index in [0.29, 0.717) is 24.5 Å². The minimum Gasteiger partial charge on any atom is -0.343 e. The maximum Gasteiger partial charge on any atom is 0.222 e. The molecule has 126 valence electrons. The van der Waals surface area contributed by atoms with Gasteiger partial charge in [0, 0.05) is 31.6 Å². The van der Waals surface area contributed by atoms with Gasteiger partial charge >= 0.3 is 0 Å². The lowest BCUT2D eigenvalue weighted by Gasteiger charge is -2.35. The summed E-state index contributed by atoms with van der Waals surface area (Å²) < 4.78 is 0. The first-order chi connectivity index (χ1) is 11.7. The number of carbonyl (C=O) groups excluding carboxylic acids is 1. The molecule has 0 spiro atoms. The fourth-order valence-electron chi connectivity index (χ4n) is 4.37. The van der Waals surface area contributed by atoms with E-state index in [1.807, 2.05) is 11.9 Å². The molecule has 1 N–H and O–H groups in total. The monoisotopic (exact) mass is 322 g/mol. The Morgan fingerprint density at radius 1 is 1.08 bits per heavy atom. The van der Waals surface area contributed by atoms with E-state index >= 15 is 0 Å². The predicted molar refractivity (Wildman–Crippen MR) is 98.0 cm³/mol. The number of amides is 1. The van der Waals surface area contributed by atoms with E-state index in [-0.39, 0.29) is 5.91 Å². The van der Waals surface area contributed by atoms with E-state index in [1.54, 1.807) is 0 Å². The van der Waals surface area contributed by atoms with E-state index < -0.39 is 0 Å². The highest BCUT2D eigenvalue weighted by molar-refractivity contribution is 5.83. The zero-order valence-electron chi connectivity index (χ0n) is 14.4. The van der Waals surface area contributed by atoms with Crippen molar-refractivity contribution >= 4 is 16.7 Å². The first-order valence-electron chi connectivity index (χ1n) is 9.18. The lowest BCUT2D eigenvalue weighted by Crippen LogP contribution is -2.48. The molecule has 2 saturated heterocycles. The van der Waals surface area contributed by atoms with Crippen molar-refractivity contribution in [2.24, 2.45) is 0 Å². The Morgan fingerprint density at radius 2 is 1.79 bits per heavy atom. The standard InChI is InChI=1S/C21H26N2O/c1-23(20-13-18-9-10-19(14-20)22-18)21(24)11-7-15-6-8-16-4-2-3-5-17(16)12-15/h2-6,8,12,18-20,22H,7,9-11,13-14H2,1H3. The van der Waals surface area contributed by atoms with Crippen LogP contribution < -0.4 is 5.32 Å². The van der Waals surface area contributed by atoms with Crippen molar-refractivity contribution in [3.63, 3.8) is 0 Å². The largest absolute Gasteiger partial charge is 0.343 e. The Hall–Kier alpha value is -1.87. The molecule has 24 heavy (non-hydrogen) atoms. The van der Waals surface area contributed by atoms with Crippen molar-refractivity contribution in [1.82, 2.24) is 10.2 Å². The van der Waals surface area contributed by atoms with Gasteiger partial charge < -0.3 is 10.2 Å². The second-order valence-electron chi connectivity index (χ2n) is 7.45. The van der Waals surface area contributed by atoms with Crippen LogP contribution in [-0.4, -0.2) is 36.0 Å². The molecule has 2 bridgehead atoms. The van der Waals surface area contributed by atoms with Gasteiger partial charge in [-0.1, -0.05) is 42.5 Å². The van der Waals surface area contributed by atoms with Crippen LogP contribution in [0.25, 0.3) is 10.8 Å². The summed E-state index contributed by atoms with van der Waals surface area (Å²) in [4.78, 5) is 14.6. The summed E-state index contributed by atoms with van der Waals surface area (Å²) in [6, 6.07) is 16.6. The van der Waals surface area contributed by atoms with Crippen molar-refractivity contribution < 1.29 is 4.79 Å². The van der Waals surface area contributed by atoms with Crippen molar-refractivity contribution in [1.29, 1.82) is 0 Å². The maximum atomic E-state index is 12.6. The van der Waals surface area contributed by atoms with Crippen LogP contribution in [0, 0.1) is 0 Å². The molecule has 2 aliphatic rings. The highest BCUT2D eigenvalue weighted by Crippen LogP contribution is 2.29. The summed E-state index contributed by atoms with van der Waals surface area (Å²) in [5.41, 5.74) is 1.25. The molecule has 2 fully saturated rings. The molecule has 0 radical (unpaired) electrons. The molecule has 2 aliphatic heterocycles. The van der Waals surface area contributed by atoms with E-state index in [2.05, 4.69) is 47.8 Å². The number of benzene rings is 2. The highest BCUT2D eigenvalue weighted by Gasteiger charge is 2.36. The van der Waals surface area contributed by atoms with Crippen molar-refractivity contribution in [2.45, 2.75) is 56.7 Å². The number of fused-ring (bicyclic) bond motifs is 3. The van der Waals surface area contributed by atoms with Crippen molar-refractivity contribution in [2.75, 3.05) is 7.05 Å². The number of hydrogen-bond donors (Lipinski definition) is 1. The smallest absolute Gasteiger partial charge is 0.222 e. The molecule has 0 aromatic heterocycles. The fourth-order valence-corrected chi connectivity index (χ4v) is 4.37. The second kappa shape index (κ2) is 6.56. The molecule has 2 unspecified atom stereocenters. The summed E-state index contributed by atoms with van der Waals surface area (Å²) in [6.45, 7) is 0. The molecular weight excluding hydrogens is 296 g/mol. The van der Waals surface area contributed by atoms with Crippen LogP contribution in [0.4, 0.5) is 0 Å². The second-order valence-corrected chi connectivity index (χ2v) is 7.45. The maximum absolute atomic E-state index is 12.6. The molecule has 3 nitrogen and oxygen atoms in total. The van der Waals surface area contributed by atoms with E-state index in [4.69, 9.17) is 0 Å². The number of rotatable bonds is 4.